The summed E-state index contributed by atoms with van der Waals surface area (Å²) in [6, 6.07) is 3.48. The fourth-order valence-corrected chi connectivity index (χ4v) is 2.31. The van der Waals surface area contributed by atoms with Crippen LogP contribution in [0, 0.1) is 5.82 Å². The number of nitrogens with one attached hydrogen (secondary N) is 1. The van der Waals surface area contributed by atoms with E-state index < -0.39 is 21.5 Å². The van der Waals surface area contributed by atoms with Crippen molar-refractivity contribution in [2.75, 3.05) is 10.5 Å². The summed E-state index contributed by atoms with van der Waals surface area (Å²) in [6.45, 7) is 0. The van der Waals surface area contributed by atoms with Crippen molar-refractivity contribution in [3.63, 3.8) is 0 Å². The molecular weight excluding hydrogens is 261 g/mol. The molecule has 0 unspecified atom stereocenters. The molecule has 7 nitrogen and oxygen atoms in total. The van der Waals surface area contributed by atoms with Gasteiger partial charge in [-0.25, -0.2) is 22.5 Å². The van der Waals surface area contributed by atoms with Gasteiger partial charge in [0.1, 0.15) is 10.7 Å². The molecule has 1 aromatic carbocycles. The Morgan fingerprint density at radius 3 is 2.72 bits per heavy atom. The third-order valence-corrected chi connectivity index (χ3v) is 3.40. The Hall–Kier alpha value is -2.29. The summed E-state index contributed by atoms with van der Waals surface area (Å²) < 4.78 is 39.0. The van der Waals surface area contributed by atoms with E-state index in [1.807, 2.05) is 4.72 Å². The Kier molecular flexibility index (Phi) is 3.06. The topological polar surface area (TPSA) is 111 Å². The minimum absolute atomic E-state index is 0.221. The number of nitrogen functional groups attached to an aromatic ring is 1. The first-order valence-corrected chi connectivity index (χ1v) is 6.19. The van der Waals surface area contributed by atoms with Crippen LogP contribution in [-0.2, 0) is 10.0 Å². The fraction of sp³-hybridized carbons (Fsp3) is 0. The molecule has 0 aliphatic carbocycles. The zero-order valence-corrected chi connectivity index (χ0v) is 9.72. The maximum absolute atomic E-state index is 13.2. The van der Waals surface area contributed by atoms with Gasteiger partial charge in [-0.3, -0.25) is 0 Å². The number of para-hydroxylation sites is 1. The lowest BCUT2D eigenvalue weighted by Crippen LogP contribution is -2.17. The van der Waals surface area contributed by atoms with Gasteiger partial charge in [0.2, 0.25) is 0 Å². The van der Waals surface area contributed by atoms with Gasteiger partial charge < -0.3 is 5.73 Å². The second-order valence-corrected chi connectivity index (χ2v) is 4.87. The SMILES string of the molecule is Nc1c(F)cccc1S(=O)(=O)Nc1nccnn1. The minimum atomic E-state index is -4.05. The second kappa shape index (κ2) is 4.53. The third kappa shape index (κ3) is 2.35. The van der Waals surface area contributed by atoms with Crippen LogP contribution in [0.15, 0.2) is 35.5 Å². The van der Waals surface area contributed by atoms with Gasteiger partial charge in [0.25, 0.3) is 16.0 Å². The number of aromatic nitrogens is 3. The van der Waals surface area contributed by atoms with Crippen molar-refractivity contribution < 1.29 is 12.8 Å². The van der Waals surface area contributed by atoms with Gasteiger partial charge in [-0.2, -0.15) is 5.10 Å². The number of sulfonamides is 1. The quantitative estimate of drug-likeness (QED) is 0.780. The summed E-state index contributed by atoms with van der Waals surface area (Å²) in [6.07, 6.45) is 2.55. The molecule has 94 valence electrons. The molecule has 2 aromatic rings. The van der Waals surface area contributed by atoms with Gasteiger partial charge in [-0.15, -0.1) is 5.10 Å². The number of rotatable bonds is 3. The first kappa shape index (κ1) is 12.2. The molecule has 0 spiro atoms. The molecule has 0 saturated carbocycles. The van der Waals surface area contributed by atoms with Gasteiger partial charge in [-0.05, 0) is 12.1 Å². The zero-order chi connectivity index (χ0) is 13.2. The lowest BCUT2D eigenvalue weighted by atomic mass is 10.3. The molecule has 0 saturated heterocycles. The van der Waals surface area contributed by atoms with E-state index in [1.54, 1.807) is 0 Å². The van der Waals surface area contributed by atoms with Crippen molar-refractivity contribution in [1.82, 2.24) is 15.2 Å². The smallest absolute Gasteiger partial charge is 0.266 e. The van der Waals surface area contributed by atoms with E-state index in [1.165, 1.54) is 24.5 Å². The van der Waals surface area contributed by atoms with Crippen LogP contribution in [0.4, 0.5) is 16.0 Å². The first-order valence-electron chi connectivity index (χ1n) is 4.71. The maximum atomic E-state index is 13.2. The number of nitrogens with zero attached hydrogens (tertiary/aromatic N) is 3. The summed E-state index contributed by atoms with van der Waals surface area (Å²) in [7, 11) is -4.05. The second-order valence-electron chi connectivity index (χ2n) is 3.22. The van der Waals surface area contributed by atoms with E-state index in [-0.39, 0.29) is 10.8 Å². The van der Waals surface area contributed by atoms with E-state index in [0.29, 0.717) is 0 Å². The van der Waals surface area contributed by atoms with Crippen LogP contribution in [0.1, 0.15) is 0 Å². The molecule has 0 aliphatic rings. The largest absolute Gasteiger partial charge is 0.395 e. The average Bonchev–Trinajstić information content (AvgIpc) is 2.33. The molecule has 1 heterocycles. The van der Waals surface area contributed by atoms with Gasteiger partial charge in [0, 0.05) is 0 Å². The van der Waals surface area contributed by atoms with Crippen LogP contribution >= 0.6 is 0 Å². The number of hydrogen-bond donors (Lipinski definition) is 2. The molecule has 0 amide bonds. The van der Waals surface area contributed by atoms with Crippen LogP contribution in [-0.4, -0.2) is 23.6 Å². The molecule has 18 heavy (non-hydrogen) atoms. The van der Waals surface area contributed by atoms with E-state index in [4.69, 9.17) is 5.73 Å². The number of anilines is 2. The number of halogens is 1. The van der Waals surface area contributed by atoms with E-state index in [0.717, 1.165) is 6.07 Å². The Balaban J connectivity index is 2.41. The zero-order valence-electron chi connectivity index (χ0n) is 8.91. The molecule has 0 atom stereocenters. The fourth-order valence-electron chi connectivity index (χ4n) is 1.22. The van der Waals surface area contributed by atoms with Gasteiger partial charge in [-0.1, -0.05) is 6.07 Å². The van der Waals surface area contributed by atoms with Crippen LogP contribution in [0.3, 0.4) is 0 Å². The van der Waals surface area contributed by atoms with Crippen molar-refractivity contribution >= 4 is 21.7 Å². The Morgan fingerprint density at radius 1 is 1.28 bits per heavy atom. The normalized spacial score (nSPS) is 11.2. The van der Waals surface area contributed by atoms with Crippen LogP contribution in [0.2, 0.25) is 0 Å². The highest BCUT2D eigenvalue weighted by atomic mass is 32.2. The number of nitrogens with two attached hydrogens (primary N) is 1. The predicted molar refractivity (Wildman–Crippen MR) is 61.4 cm³/mol. The summed E-state index contributed by atoms with van der Waals surface area (Å²) in [4.78, 5) is 3.26. The molecule has 0 bridgehead atoms. The standard InChI is InChI=1S/C9H8FN5O2S/c10-6-2-1-3-7(8(6)11)18(16,17)15-9-12-4-5-13-14-9/h1-5H,11H2,(H,12,14,15). The van der Waals surface area contributed by atoms with Crippen molar-refractivity contribution in [3.05, 3.63) is 36.4 Å². The van der Waals surface area contributed by atoms with Crippen molar-refractivity contribution in [2.45, 2.75) is 4.90 Å². The highest BCUT2D eigenvalue weighted by molar-refractivity contribution is 7.92. The lowest BCUT2D eigenvalue weighted by Gasteiger charge is -2.08. The van der Waals surface area contributed by atoms with Gasteiger partial charge in [0.15, 0.2) is 0 Å². The Labute approximate surface area is 102 Å². The number of hydrogen-bond acceptors (Lipinski definition) is 6. The Bertz CT molecular complexity index is 662. The molecule has 0 fully saturated rings. The monoisotopic (exact) mass is 269 g/mol. The highest BCUT2D eigenvalue weighted by Gasteiger charge is 2.20. The van der Waals surface area contributed by atoms with Crippen LogP contribution < -0.4 is 10.5 Å². The maximum Gasteiger partial charge on any atom is 0.266 e. The van der Waals surface area contributed by atoms with E-state index in [9.17, 15) is 12.8 Å². The van der Waals surface area contributed by atoms with Crippen molar-refractivity contribution in [2.24, 2.45) is 0 Å². The Morgan fingerprint density at radius 2 is 2.06 bits per heavy atom. The molecule has 1 aromatic heterocycles. The molecule has 3 N–H and O–H groups in total. The average molecular weight is 269 g/mol. The molecular formula is C9H8FN5O2S. The van der Waals surface area contributed by atoms with Crippen molar-refractivity contribution in [1.29, 1.82) is 0 Å². The highest BCUT2D eigenvalue weighted by Crippen LogP contribution is 2.22. The lowest BCUT2D eigenvalue weighted by molar-refractivity contribution is 0.596. The molecule has 9 heteroatoms. The van der Waals surface area contributed by atoms with E-state index >= 15 is 0 Å². The van der Waals surface area contributed by atoms with Crippen LogP contribution in [0.25, 0.3) is 0 Å². The summed E-state index contributed by atoms with van der Waals surface area (Å²) in [5.41, 5.74) is 4.91. The number of benzene rings is 1. The molecule has 2 rings (SSSR count). The summed E-state index contributed by atoms with van der Waals surface area (Å²) in [5.74, 6) is -1.04. The summed E-state index contributed by atoms with van der Waals surface area (Å²) in [5, 5.41) is 6.91. The van der Waals surface area contributed by atoms with Gasteiger partial charge >= 0.3 is 0 Å². The van der Waals surface area contributed by atoms with Gasteiger partial charge in [0.05, 0.1) is 18.1 Å². The van der Waals surface area contributed by atoms with Crippen molar-refractivity contribution in [3.8, 4) is 0 Å². The predicted octanol–water partition coefficient (Wildman–Crippen LogP) is 0.394. The van der Waals surface area contributed by atoms with Crippen LogP contribution in [0.5, 0.6) is 0 Å². The molecule has 0 aliphatic heterocycles. The first-order chi connectivity index (χ1) is 8.50. The summed E-state index contributed by atoms with van der Waals surface area (Å²) >= 11 is 0. The minimum Gasteiger partial charge on any atom is -0.395 e. The third-order valence-electron chi connectivity index (χ3n) is 2.01. The molecule has 0 radical (unpaired) electrons. The van der Waals surface area contributed by atoms with E-state index in [2.05, 4.69) is 15.2 Å².